The highest BCUT2D eigenvalue weighted by Crippen LogP contribution is 2.49. The van der Waals surface area contributed by atoms with Crippen molar-refractivity contribution in [1.29, 1.82) is 0 Å². The minimum absolute atomic E-state index is 0.0972. The van der Waals surface area contributed by atoms with Gasteiger partial charge in [-0.2, -0.15) is 0 Å². The Morgan fingerprint density at radius 2 is 2.05 bits per heavy atom. The number of nitro groups is 1. The number of benzene rings is 1. The molecule has 0 aromatic heterocycles. The fourth-order valence-electron chi connectivity index (χ4n) is 1.53. The van der Waals surface area contributed by atoms with Crippen LogP contribution in [0.1, 0.15) is 33.1 Å². The Bertz CT molecular complexity index is 479. The molecule has 0 aliphatic heterocycles. The summed E-state index contributed by atoms with van der Waals surface area (Å²) in [4.78, 5) is 10.2. The van der Waals surface area contributed by atoms with Gasteiger partial charge >= 0.3 is 7.60 Å². The summed E-state index contributed by atoms with van der Waals surface area (Å²) in [6, 6.07) is 5.66. The van der Waals surface area contributed by atoms with Gasteiger partial charge < -0.3 is 4.52 Å². The van der Waals surface area contributed by atoms with Gasteiger partial charge in [-0.3, -0.25) is 14.6 Å². The summed E-state index contributed by atoms with van der Waals surface area (Å²) in [6.45, 7) is 4.24. The van der Waals surface area contributed by atoms with E-state index in [1.165, 1.54) is 18.2 Å². The van der Waals surface area contributed by atoms with Gasteiger partial charge in [-0.05, 0) is 18.9 Å². The molecule has 112 valence electrons. The summed E-state index contributed by atoms with van der Waals surface area (Å²) >= 11 is 0. The molecule has 6 nitrogen and oxygen atoms in total. The maximum atomic E-state index is 12.6. The quantitative estimate of drug-likeness (QED) is 0.384. The summed E-state index contributed by atoms with van der Waals surface area (Å²) in [5.41, 5.74) is -0.0972. The molecule has 0 heterocycles. The van der Waals surface area contributed by atoms with Crippen LogP contribution in [0.2, 0.25) is 0 Å². The fraction of sp³-hybridized carbons (Fsp3) is 0.538. The molecule has 7 heteroatoms. The Labute approximate surface area is 118 Å². The van der Waals surface area contributed by atoms with Crippen molar-refractivity contribution in [3.05, 3.63) is 34.4 Å². The van der Waals surface area contributed by atoms with E-state index in [1.807, 2.05) is 13.8 Å². The van der Waals surface area contributed by atoms with Crippen LogP contribution in [-0.4, -0.2) is 17.7 Å². The van der Waals surface area contributed by atoms with Gasteiger partial charge in [0.1, 0.15) is 5.75 Å². The zero-order valence-electron chi connectivity index (χ0n) is 11.8. The number of unbranched alkanes of at least 4 members (excludes halogenated alkanes) is 1. The highest BCUT2D eigenvalue weighted by atomic mass is 31.2. The zero-order chi connectivity index (χ0) is 15.0. The van der Waals surface area contributed by atoms with Crippen molar-refractivity contribution >= 4 is 13.3 Å². The molecule has 0 saturated carbocycles. The van der Waals surface area contributed by atoms with Crippen LogP contribution in [-0.2, 0) is 9.09 Å². The molecule has 0 N–H and O–H groups in total. The van der Waals surface area contributed by atoms with Gasteiger partial charge in [0.2, 0.25) is 0 Å². The number of hydrogen-bond acceptors (Lipinski definition) is 5. The van der Waals surface area contributed by atoms with E-state index in [9.17, 15) is 14.7 Å². The lowest BCUT2D eigenvalue weighted by Crippen LogP contribution is -2.04. The van der Waals surface area contributed by atoms with Crippen molar-refractivity contribution in [2.45, 2.75) is 33.1 Å². The van der Waals surface area contributed by atoms with Crippen LogP contribution in [0.3, 0.4) is 0 Å². The van der Waals surface area contributed by atoms with Gasteiger partial charge in [-0.25, -0.2) is 4.57 Å². The van der Waals surface area contributed by atoms with Crippen LogP contribution in [0.15, 0.2) is 24.3 Å². The van der Waals surface area contributed by atoms with Crippen molar-refractivity contribution in [1.82, 2.24) is 0 Å². The lowest BCUT2D eigenvalue weighted by molar-refractivity contribution is -0.384. The second kappa shape index (κ2) is 8.02. The predicted octanol–water partition coefficient (Wildman–Crippen LogP) is 4.39. The molecule has 0 radical (unpaired) electrons. The first-order valence-electron chi connectivity index (χ1n) is 6.68. The first kappa shape index (κ1) is 16.7. The maximum Gasteiger partial charge on any atom is 0.379 e. The average molecular weight is 301 g/mol. The molecule has 1 atom stereocenters. The third-order valence-corrected chi connectivity index (χ3v) is 4.48. The molecule has 0 fully saturated rings. The fourth-order valence-corrected chi connectivity index (χ4v) is 3.41. The molecule has 1 aromatic carbocycles. The number of nitro benzene ring substituents is 1. The van der Waals surface area contributed by atoms with Gasteiger partial charge in [0.15, 0.2) is 0 Å². The van der Waals surface area contributed by atoms with Crippen LogP contribution in [0.4, 0.5) is 5.69 Å². The van der Waals surface area contributed by atoms with E-state index in [1.54, 1.807) is 6.07 Å². The second-order valence-corrected chi connectivity index (χ2v) is 6.48. The third kappa shape index (κ3) is 5.31. The Morgan fingerprint density at radius 1 is 1.30 bits per heavy atom. The molecule has 1 aromatic rings. The number of rotatable bonds is 9. The van der Waals surface area contributed by atoms with Gasteiger partial charge in [-0.1, -0.05) is 26.3 Å². The average Bonchev–Trinajstić information content (AvgIpc) is 2.43. The summed E-state index contributed by atoms with van der Waals surface area (Å²) in [5.74, 6) is 0.203. The Balaban J connectivity index is 2.85. The van der Waals surface area contributed by atoms with Crippen LogP contribution in [0.25, 0.3) is 0 Å². The van der Waals surface area contributed by atoms with E-state index in [4.69, 9.17) is 9.05 Å². The molecule has 1 rings (SSSR count). The third-order valence-electron chi connectivity index (χ3n) is 2.55. The minimum atomic E-state index is -3.25. The minimum Gasteiger partial charge on any atom is -0.424 e. The molecule has 0 amide bonds. The Morgan fingerprint density at radius 3 is 2.65 bits per heavy atom. The van der Waals surface area contributed by atoms with Crippen LogP contribution in [0, 0.1) is 10.1 Å². The van der Waals surface area contributed by atoms with E-state index >= 15 is 0 Å². The molecule has 0 bridgehead atoms. The first-order chi connectivity index (χ1) is 9.50. The second-order valence-electron chi connectivity index (χ2n) is 4.37. The number of hydrogen-bond donors (Lipinski definition) is 0. The van der Waals surface area contributed by atoms with Crippen molar-refractivity contribution in [3.63, 3.8) is 0 Å². The van der Waals surface area contributed by atoms with Crippen LogP contribution >= 0.6 is 7.60 Å². The van der Waals surface area contributed by atoms with Gasteiger partial charge in [0.05, 0.1) is 23.8 Å². The van der Waals surface area contributed by atoms with Crippen molar-refractivity contribution < 1.29 is 18.5 Å². The lowest BCUT2D eigenvalue weighted by atomic mass is 10.3. The maximum absolute atomic E-state index is 12.6. The van der Waals surface area contributed by atoms with E-state index in [2.05, 4.69) is 0 Å². The Kier molecular flexibility index (Phi) is 6.68. The molecule has 0 aliphatic rings. The van der Waals surface area contributed by atoms with Crippen molar-refractivity contribution in [2.75, 3.05) is 12.8 Å². The summed E-state index contributed by atoms with van der Waals surface area (Å²) < 4.78 is 23.3. The Hall–Kier alpha value is -1.39. The topological polar surface area (TPSA) is 78.7 Å². The van der Waals surface area contributed by atoms with Gasteiger partial charge in [0, 0.05) is 6.07 Å². The largest absolute Gasteiger partial charge is 0.424 e. The predicted molar refractivity (Wildman–Crippen MR) is 77.3 cm³/mol. The summed E-state index contributed by atoms with van der Waals surface area (Å²) in [6.07, 6.45) is 2.63. The zero-order valence-corrected chi connectivity index (χ0v) is 12.7. The van der Waals surface area contributed by atoms with E-state index in [0.29, 0.717) is 12.8 Å². The van der Waals surface area contributed by atoms with Crippen LogP contribution < -0.4 is 4.52 Å². The molecule has 1 unspecified atom stereocenters. The standard InChI is InChI=1S/C13H20NO5P/c1-3-5-10-20(17,18-9-4-2)19-13-8-6-7-12(11-13)14(15)16/h6-8,11H,3-5,9-10H2,1-2H3. The van der Waals surface area contributed by atoms with Crippen molar-refractivity contribution in [2.24, 2.45) is 0 Å². The first-order valence-corrected chi connectivity index (χ1v) is 8.41. The smallest absolute Gasteiger partial charge is 0.379 e. The lowest BCUT2D eigenvalue weighted by Gasteiger charge is -2.18. The van der Waals surface area contributed by atoms with Crippen LogP contribution in [0.5, 0.6) is 5.75 Å². The van der Waals surface area contributed by atoms with Crippen molar-refractivity contribution in [3.8, 4) is 5.75 Å². The number of nitrogens with zero attached hydrogens (tertiary/aromatic N) is 1. The monoisotopic (exact) mass is 301 g/mol. The van der Waals surface area contributed by atoms with Gasteiger partial charge in [-0.15, -0.1) is 0 Å². The SMILES string of the molecule is CCCCP(=O)(OCCC)Oc1cccc([N+](=O)[O-])c1. The molecular weight excluding hydrogens is 281 g/mol. The number of non-ortho nitro benzene ring substituents is 1. The molecule has 20 heavy (non-hydrogen) atoms. The van der Waals surface area contributed by atoms with E-state index in [-0.39, 0.29) is 11.4 Å². The van der Waals surface area contributed by atoms with Gasteiger partial charge in [0.25, 0.3) is 5.69 Å². The highest BCUT2D eigenvalue weighted by molar-refractivity contribution is 7.54. The van der Waals surface area contributed by atoms with E-state index < -0.39 is 12.5 Å². The highest BCUT2D eigenvalue weighted by Gasteiger charge is 2.25. The molecular formula is C13H20NO5P. The summed E-state index contributed by atoms with van der Waals surface area (Å²) in [7, 11) is -3.25. The molecule has 0 saturated heterocycles. The summed E-state index contributed by atoms with van der Waals surface area (Å²) in [5, 5.41) is 10.7. The normalized spacial score (nSPS) is 13.7. The molecule has 0 aliphatic carbocycles. The van der Waals surface area contributed by atoms with E-state index in [0.717, 1.165) is 19.3 Å². The molecule has 0 spiro atoms.